The van der Waals surface area contributed by atoms with Gasteiger partial charge in [0.05, 0.1) is 5.52 Å². The predicted molar refractivity (Wildman–Crippen MR) is 71.8 cm³/mol. The number of fused-ring (bicyclic) bond motifs is 1. The van der Waals surface area contributed by atoms with E-state index < -0.39 is 0 Å². The summed E-state index contributed by atoms with van der Waals surface area (Å²) in [4.78, 5) is 4.43. The Hall–Kier alpha value is -1.16. The van der Waals surface area contributed by atoms with Gasteiger partial charge in [0.1, 0.15) is 0 Å². The fourth-order valence-corrected chi connectivity index (χ4v) is 2.17. The third kappa shape index (κ3) is 2.75. The fourth-order valence-electron chi connectivity index (χ4n) is 2.02. The van der Waals surface area contributed by atoms with E-state index in [0.29, 0.717) is 5.88 Å². The number of nitrogens with one attached hydrogen (secondary N) is 1. The van der Waals surface area contributed by atoms with Crippen LogP contribution < -0.4 is 11.3 Å². The quantitative estimate of drug-likeness (QED) is 0.487. The molecule has 0 aliphatic carbocycles. The lowest BCUT2D eigenvalue weighted by Gasteiger charge is -2.17. The molecule has 1 heterocycles. The van der Waals surface area contributed by atoms with Crippen LogP contribution in [0.1, 0.15) is 24.4 Å². The maximum atomic E-state index is 5.72. The van der Waals surface area contributed by atoms with Gasteiger partial charge in [0, 0.05) is 23.5 Å². The van der Waals surface area contributed by atoms with Crippen LogP contribution >= 0.6 is 11.6 Å². The molecule has 0 spiro atoms. The van der Waals surface area contributed by atoms with E-state index in [1.807, 2.05) is 12.1 Å². The molecular weight excluding hydrogens is 234 g/mol. The van der Waals surface area contributed by atoms with Gasteiger partial charge in [-0.2, -0.15) is 0 Å². The zero-order valence-corrected chi connectivity index (χ0v) is 10.3. The van der Waals surface area contributed by atoms with Gasteiger partial charge in [-0.25, -0.2) is 0 Å². The Morgan fingerprint density at radius 1 is 1.29 bits per heavy atom. The first-order valence-corrected chi connectivity index (χ1v) is 6.26. The highest BCUT2D eigenvalue weighted by Gasteiger charge is 2.12. The minimum Gasteiger partial charge on any atom is -0.271 e. The second-order valence-electron chi connectivity index (χ2n) is 3.97. The standard InChI is InChI=1S/C13H16ClN3/c14-8-2-7-12(17-15)11-6-1-4-10-5-3-9-16-13(10)11/h1,3-6,9,12,17H,2,7-8,15H2. The highest BCUT2D eigenvalue weighted by atomic mass is 35.5. The summed E-state index contributed by atoms with van der Waals surface area (Å²) in [5.41, 5.74) is 4.99. The van der Waals surface area contributed by atoms with Gasteiger partial charge in [-0.1, -0.05) is 24.3 Å². The van der Waals surface area contributed by atoms with E-state index in [4.69, 9.17) is 17.4 Å². The van der Waals surface area contributed by atoms with E-state index in [-0.39, 0.29) is 6.04 Å². The number of alkyl halides is 1. The Bertz CT molecular complexity index is 482. The van der Waals surface area contributed by atoms with Crippen molar-refractivity contribution in [2.45, 2.75) is 18.9 Å². The Balaban J connectivity index is 2.38. The summed E-state index contributed by atoms with van der Waals surface area (Å²) >= 11 is 5.72. The normalized spacial score (nSPS) is 12.8. The molecular formula is C13H16ClN3. The first-order valence-electron chi connectivity index (χ1n) is 5.72. The van der Waals surface area contributed by atoms with E-state index >= 15 is 0 Å². The van der Waals surface area contributed by atoms with E-state index in [0.717, 1.165) is 29.3 Å². The van der Waals surface area contributed by atoms with Gasteiger partial charge < -0.3 is 0 Å². The number of hydrogen-bond donors (Lipinski definition) is 2. The predicted octanol–water partition coefficient (Wildman–Crippen LogP) is 2.76. The largest absolute Gasteiger partial charge is 0.271 e. The van der Waals surface area contributed by atoms with E-state index in [1.54, 1.807) is 6.20 Å². The Labute approximate surface area is 106 Å². The van der Waals surface area contributed by atoms with Gasteiger partial charge >= 0.3 is 0 Å². The molecule has 0 fully saturated rings. The second kappa shape index (κ2) is 5.96. The molecule has 3 N–H and O–H groups in total. The van der Waals surface area contributed by atoms with Crippen LogP contribution in [0, 0.1) is 0 Å². The zero-order valence-electron chi connectivity index (χ0n) is 9.57. The Morgan fingerprint density at radius 3 is 2.88 bits per heavy atom. The number of aromatic nitrogens is 1. The third-order valence-electron chi connectivity index (χ3n) is 2.87. The van der Waals surface area contributed by atoms with Crippen molar-refractivity contribution >= 4 is 22.5 Å². The van der Waals surface area contributed by atoms with Gasteiger partial charge in [-0.3, -0.25) is 16.3 Å². The maximum absolute atomic E-state index is 5.72. The number of nitrogens with two attached hydrogens (primary N) is 1. The summed E-state index contributed by atoms with van der Waals surface area (Å²) in [7, 11) is 0. The number of pyridine rings is 1. The molecule has 1 aromatic carbocycles. The number of hydrazine groups is 1. The fraction of sp³-hybridized carbons (Fsp3) is 0.308. The molecule has 0 amide bonds. The number of nitrogens with zero attached hydrogens (tertiary/aromatic N) is 1. The maximum Gasteiger partial charge on any atom is 0.0750 e. The number of para-hydroxylation sites is 1. The number of rotatable bonds is 5. The molecule has 2 rings (SSSR count). The van der Waals surface area contributed by atoms with Crippen molar-refractivity contribution in [2.24, 2.45) is 5.84 Å². The summed E-state index contributed by atoms with van der Waals surface area (Å²) in [5, 5.41) is 1.14. The molecule has 1 atom stereocenters. The number of hydrogen-bond acceptors (Lipinski definition) is 3. The first kappa shape index (κ1) is 12.3. The summed E-state index contributed by atoms with van der Waals surface area (Å²) in [5.74, 6) is 6.26. The average molecular weight is 250 g/mol. The Kier molecular flexibility index (Phi) is 4.31. The van der Waals surface area contributed by atoms with Crippen LogP contribution in [0.5, 0.6) is 0 Å². The van der Waals surface area contributed by atoms with Crippen LogP contribution in [0.2, 0.25) is 0 Å². The van der Waals surface area contributed by atoms with E-state index in [1.165, 1.54) is 0 Å². The molecule has 1 unspecified atom stereocenters. The lowest BCUT2D eigenvalue weighted by Crippen LogP contribution is -2.28. The molecule has 90 valence electrons. The van der Waals surface area contributed by atoms with Crippen molar-refractivity contribution < 1.29 is 0 Å². The van der Waals surface area contributed by atoms with Crippen molar-refractivity contribution in [3.8, 4) is 0 Å². The minimum absolute atomic E-state index is 0.104. The molecule has 3 nitrogen and oxygen atoms in total. The molecule has 17 heavy (non-hydrogen) atoms. The van der Waals surface area contributed by atoms with Crippen LogP contribution in [-0.2, 0) is 0 Å². The van der Waals surface area contributed by atoms with Gasteiger partial charge in [-0.15, -0.1) is 11.6 Å². The summed E-state index contributed by atoms with van der Waals surface area (Å²) in [6.45, 7) is 0. The molecule has 0 bridgehead atoms. The molecule has 1 aromatic heterocycles. The molecule has 0 radical (unpaired) electrons. The van der Waals surface area contributed by atoms with Crippen LogP contribution in [0.15, 0.2) is 36.5 Å². The highest BCUT2D eigenvalue weighted by Crippen LogP contribution is 2.25. The number of benzene rings is 1. The molecule has 2 aromatic rings. The monoisotopic (exact) mass is 249 g/mol. The smallest absolute Gasteiger partial charge is 0.0750 e. The van der Waals surface area contributed by atoms with Crippen molar-refractivity contribution in [2.75, 3.05) is 5.88 Å². The zero-order chi connectivity index (χ0) is 12.1. The molecule has 0 aliphatic heterocycles. The van der Waals surface area contributed by atoms with E-state index in [9.17, 15) is 0 Å². The summed E-state index contributed by atoms with van der Waals surface area (Å²) < 4.78 is 0. The molecule has 0 aliphatic rings. The van der Waals surface area contributed by atoms with Crippen molar-refractivity contribution in [3.63, 3.8) is 0 Å². The number of halogens is 1. The summed E-state index contributed by atoms with van der Waals surface area (Å²) in [6, 6.07) is 10.3. The SMILES string of the molecule is NNC(CCCCl)c1cccc2cccnc12. The Morgan fingerprint density at radius 2 is 2.12 bits per heavy atom. The second-order valence-corrected chi connectivity index (χ2v) is 4.35. The lowest BCUT2D eigenvalue weighted by molar-refractivity contribution is 0.514. The molecule has 0 saturated heterocycles. The van der Waals surface area contributed by atoms with Gasteiger partial charge in [-0.05, 0) is 24.5 Å². The van der Waals surface area contributed by atoms with Crippen LogP contribution in [0.4, 0.5) is 0 Å². The van der Waals surface area contributed by atoms with E-state index in [2.05, 4.69) is 28.6 Å². The van der Waals surface area contributed by atoms with Crippen LogP contribution in [0.3, 0.4) is 0 Å². The van der Waals surface area contributed by atoms with Crippen molar-refractivity contribution in [1.82, 2.24) is 10.4 Å². The van der Waals surface area contributed by atoms with Crippen molar-refractivity contribution in [1.29, 1.82) is 0 Å². The highest BCUT2D eigenvalue weighted by molar-refractivity contribution is 6.17. The van der Waals surface area contributed by atoms with Crippen LogP contribution in [0.25, 0.3) is 10.9 Å². The lowest BCUT2D eigenvalue weighted by atomic mass is 10.00. The molecule has 4 heteroatoms. The molecule has 0 saturated carbocycles. The van der Waals surface area contributed by atoms with Gasteiger partial charge in [0.2, 0.25) is 0 Å². The minimum atomic E-state index is 0.104. The summed E-state index contributed by atoms with van der Waals surface area (Å²) in [6.07, 6.45) is 3.65. The topological polar surface area (TPSA) is 50.9 Å². The van der Waals surface area contributed by atoms with Crippen LogP contribution in [-0.4, -0.2) is 10.9 Å². The van der Waals surface area contributed by atoms with Crippen molar-refractivity contribution in [3.05, 3.63) is 42.1 Å². The first-order chi connectivity index (χ1) is 8.36. The van der Waals surface area contributed by atoms with Gasteiger partial charge in [0.25, 0.3) is 0 Å². The third-order valence-corrected chi connectivity index (χ3v) is 3.13. The van der Waals surface area contributed by atoms with Gasteiger partial charge in [0.15, 0.2) is 0 Å². The average Bonchev–Trinajstić information content (AvgIpc) is 2.40.